The summed E-state index contributed by atoms with van der Waals surface area (Å²) in [5.41, 5.74) is 1.90. The molecule has 76 valence electrons. The molecular formula is C6H13N3O4. The molecular weight excluding hydrogens is 178 g/mol. The molecule has 0 atom stereocenters. The van der Waals surface area contributed by atoms with Crippen molar-refractivity contribution in [2.24, 2.45) is 5.73 Å². The third kappa shape index (κ3) is 435. The quantitative estimate of drug-likeness (QED) is 0.282. The zero-order chi connectivity index (χ0) is 13.7. The summed E-state index contributed by atoms with van der Waals surface area (Å²) in [5, 5.41) is 2.61. The highest BCUT2D eigenvalue weighted by molar-refractivity contribution is 6.11. The van der Waals surface area contributed by atoms with E-state index >= 15 is 0 Å². The smallest absolute Gasteiger partial charge is 0.187 e. The molecule has 0 spiro atoms. The van der Waals surface area contributed by atoms with Crippen LogP contribution >= 0.6 is 0 Å². The van der Waals surface area contributed by atoms with Gasteiger partial charge in [0.25, 0.3) is 0 Å². The molecule has 0 unspecified atom stereocenters. The molecule has 13 heavy (non-hydrogen) atoms. The van der Waals surface area contributed by atoms with Crippen LogP contribution in [0.5, 0.6) is 0 Å². The summed E-state index contributed by atoms with van der Waals surface area (Å²) >= 11 is 0. The average molecular weight is 194 g/mol. The van der Waals surface area contributed by atoms with Crippen LogP contribution in [0.2, 0.25) is 4.24 Å². The Morgan fingerprint density at radius 2 is 1.85 bits per heavy atom. The standard InChI is InChI=1S/C2H5NO.C2H3NO.C2H2O2.H3N/c3*3-1-2-4;/h2H,1,3H2;1-3H;1-2H;1H3/i/hD3. The topological polar surface area (TPSA) is 153 Å². The van der Waals surface area contributed by atoms with E-state index in [1.54, 1.807) is 0 Å². The molecule has 0 bridgehead atoms. The van der Waals surface area contributed by atoms with Gasteiger partial charge < -0.3 is 22.1 Å². The van der Waals surface area contributed by atoms with Crippen LogP contribution in [-0.4, -0.2) is 37.9 Å². The van der Waals surface area contributed by atoms with Crippen LogP contribution in [0.25, 0.3) is 0 Å². The molecule has 0 rings (SSSR count). The second-order valence-electron chi connectivity index (χ2n) is 0.928. The lowest BCUT2D eigenvalue weighted by molar-refractivity contribution is -0.122. The van der Waals surface area contributed by atoms with E-state index in [0.717, 1.165) is 6.21 Å². The summed E-state index contributed by atoms with van der Waals surface area (Å²) in [6.07, 6.45) is 6.08. The number of nitrogens with one attached hydrogen (secondary N) is 1. The van der Waals surface area contributed by atoms with Crippen molar-refractivity contribution in [3.63, 3.8) is 0 Å². The minimum Gasteiger partial charge on any atom is -0.344 e. The first-order valence-corrected chi connectivity index (χ1v) is 2.63. The van der Waals surface area contributed by atoms with Gasteiger partial charge in [0.2, 0.25) is 0 Å². The fourth-order valence-electron chi connectivity index (χ4n) is 0. The lowest BCUT2D eigenvalue weighted by Gasteiger charge is -1.55. The van der Waals surface area contributed by atoms with Crippen molar-refractivity contribution in [3.05, 3.63) is 0 Å². The maximum Gasteiger partial charge on any atom is 0.187 e. The van der Waals surface area contributed by atoms with Crippen LogP contribution in [0.1, 0.15) is 0 Å². The van der Waals surface area contributed by atoms with Gasteiger partial charge in [-0.05, 0) is 0 Å². The summed E-state index contributed by atoms with van der Waals surface area (Å²) in [6, 6.07) is 0. The predicted molar refractivity (Wildman–Crippen MR) is 47.1 cm³/mol. The highest BCUT2D eigenvalue weighted by Gasteiger charge is 1.51. The van der Waals surface area contributed by atoms with E-state index in [0.29, 0.717) is 12.6 Å². The van der Waals surface area contributed by atoms with E-state index in [-0.39, 0.29) is 19.1 Å². The van der Waals surface area contributed by atoms with Crippen LogP contribution < -0.4 is 11.9 Å². The number of nitrogens with two attached hydrogens (primary N) is 1. The van der Waals surface area contributed by atoms with E-state index < -0.39 is 0 Å². The third-order valence-corrected chi connectivity index (χ3v) is 0.200. The zero-order valence-corrected chi connectivity index (χ0v) is 6.75. The molecule has 0 aliphatic rings. The Hall–Kier alpha value is -1.73. The maximum absolute atomic E-state index is 9.22. The monoisotopic (exact) mass is 194 g/mol. The molecule has 0 aliphatic heterocycles. The number of hydrogen-bond acceptors (Lipinski definition) is 7. The van der Waals surface area contributed by atoms with Crippen LogP contribution in [0.3, 0.4) is 0 Å². The molecule has 0 saturated heterocycles. The minimum absolute atomic E-state index is 0.125. The van der Waals surface area contributed by atoms with E-state index in [2.05, 4.69) is 11.5 Å². The molecule has 0 radical (unpaired) electrons. The molecule has 0 aromatic rings. The Morgan fingerprint density at radius 3 is 1.85 bits per heavy atom. The van der Waals surface area contributed by atoms with Gasteiger partial charge >= 0.3 is 0 Å². The second-order valence-corrected chi connectivity index (χ2v) is 0.928. The highest BCUT2D eigenvalue weighted by Crippen LogP contribution is 1.18. The minimum atomic E-state index is 0.125. The molecule has 0 aromatic heterocycles. The van der Waals surface area contributed by atoms with E-state index in [9.17, 15) is 4.79 Å². The first-order valence-electron chi connectivity index (χ1n) is 4.15. The Morgan fingerprint density at radius 1 is 1.31 bits per heavy atom. The fourth-order valence-corrected chi connectivity index (χ4v) is 0. The Labute approximate surface area is 79.8 Å². The van der Waals surface area contributed by atoms with Gasteiger partial charge in [-0.15, -0.1) is 0 Å². The number of aldehydes is 4. The van der Waals surface area contributed by atoms with Crippen LogP contribution in [0.15, 0.2) is 0 Å². The zero-order valence-electron chi connectivity index (χ0n) is 9.75. The normalized spacial score (nSPS) is 8.54. The summed E-state index contributed by atoms with van der Waals surface area (Å²) in [6.45, 7) is 0.125. The first-order chi connectivity index (χ1) is 7.74. The van der Waals surface area contributed by atoms with Gasteiger partial charge in [-0.1, -0.05) is 0 Å². The van der Waals surface area contributed by atoms with Crippen molar-refractivity contribution in [2.75, 3.05) is 6.54 Å². The van der Waals surface area contributed by atoms with Gasteiger partial charge in [-0.2, -0.15) is 0 Å². The van der Waals surface area contributed by atoms with Crippen molar-refractivity contribution in [3.8, 4) is 0 Å². The maximum atomic E-state index is 9.22. The summed E-state index contributed by atoms with van der Waals surface area (Å²) in [5.74, 6) is 0. The molecule has 0 aromatic carbocycles. The van der Waals surface area contributed by atoms with E-state index in [1.165, 1.54) is 0 Å². The van der Waals surface area contributed by atoms with Crippen LogP contribution in [0.4, 0.5) is 0 Å². The molecule has 0 saturated carbocycles. The Bertz CT molecular complexity index is 174. The highest BCUT2D eigenvalue weighted by atomic mass is 16.2. The van der Waals surface area contributed by atoms with Crippen molar-refractivity contribution < 1.29 is 23.4 Å². The number of carbonyl (C=O) groups is 4. The number of rotatable bonds is 4. The van der Waals surface area contributed by atoms with E-state index in [1.807, 2.05) is 5.73 Å². The number of carbonyl (C=O) groups excluding carboxylic acids is 4. The molecule has 6 N–H and O–H groups in total. The van der Waals surface area contributed by atoms with Gasteiger partial charge in [-0.3, -0.25) is 14.4 Å². The van der Waals surface area contributed by atoms with Crippen LogP contribution in [-0.2, 0) is 19.2 Å². The molecule has 0 amide bonds. The summed E-state index contributed by atoms with van der Waals surface area (Å²) < 4.78 is 17.3. The molecule has 0 aliphatic carbocycles. The lowest BCUT2D eigenvalue weighted by atomic mass is 10.8. The summed E-state index contributed by atoms with van der Waals surface area (Å²) in [4.78, 5) is 36.0. The summed E-state index contributed by atoms with van der Waals surface area (Å²) in [7, 11) is 0. The lowest BCUT2D eigenvalue weighted by Crippen LogP contribution is -1.97. The van der Waals surface area contributed by atoms with Gasteiger partial charge in [0.05, 0.1) is 6.21 Å². The molecule has 7 nitrogen and oxygen atoms in total. The molecule has 7 heteroatoms. The Kier molecular flexibility index (Phi) is 42.0. The van der Waals surface area contributed by atoms with Crippen molar-refractivity contribution in [1.29, 1.82) is 5.40 Å². The van der Waals surface area contributed by atoms with Gasteiger partial charge in [0.15, 0.2) is 20.3 Å². The van der Waals surface area contributed by atoms with Gasteiger partial charge in [-0.25, -0.2) is 0 Å². The van der Waals surface area contributed by atoms with Gasteiger partial charge in [0.1, 0.15) is 9.11 Å². The second kappa shape index (κ2) is 48.4. The predicted octanol–water partition coefficient (Wildman–Crippen LogP) is -1.47. The molecule has 0 fully saturated rings. The Balaban J connectivity index is -0.0000000629. The number of hydrogen-bond donors (Lipinski definition) is 3. The largest absolute Gasteiger partial charge is 0.344 e. The van der Waals surface area contributed by atoms with Crippen molar-refractivity contribution in [1.82, 2.24) is 6.14 Å². The SMILES string of the molecule is O=CC=O.[2H]N.[2H]N=CC=O.[2H]NCC=O. The fraction of sp³-hybridized carbons (Fsp3) is 0.167. The first kappa shape index (κ1) is 11.3. The van der Waals surface area contributed by atoms with E-state index in [4.69, 9.17) is 18.6 Å². The van der Waals surface area contributed by atoms with Crippen molar-refractivity contribution >= 4 is 31.4 Å². The van der Waals surface area contributed by atoms with Crippen molar-refractivity contribution in [2.45, 2.75) is 0 Å². The van der Waals surface area contributed by atoms with Crippen LogP contribution in [0, 0.1) is 5.40 Å². The third-order valence-electron chi connectivity index (χ3n) is 0.200. The van der Waals surface area contributed by atoms with Gasteiger partial charge in [0, 0.05) is 6.54 Å². The average Bonchev–Trinajstić information content (AvgIpc) is 2.35. The molecule has 0 heterocycles.